The number of aryl methyl sites for hydroxylation is 1. The van der Waals surface area contributed by atoms with Crippen molar-refractivity contribution in [2.24, 2.45) is 5.92 Å². The van der Waals surface area contributed by atoms with Gasteiger partial charge in [-0.3, -0.25) is 0 Å². The molecule has 1 unspecified atom stereocenters. The van der Waals surface area contributed by atoms with Crippen molar-refractivity contribution in [1.29, 1.82) is 0 Å². The zero-order valence-electron chi connectivity index (χ0n) is 20.3. The van der Waals surface area contributed by atoms with Gasteiger partial charge in [0.05, 0.1) is 0 Å². The summed E-state index contributed by atoms with van der Waals surface area (Å²) in [6.07, 6.45) is 3.55. The van der Waals surface area contributed by atoms with Crippen LogP contribution in [0.5, 0.6) is 5.75 Å². The zero-order chi connectivity index (χ0) is 24.3. The Hall–Kier alpha value is -3.25. The van der Waals surface area contributed by atoms with E-state index in [0.29, 0.717) is 0 Å². The molecule has 6 heteroatoms. The average molecular weight is 466 g/mol. The summed E-state index contributed by atoms with van der Waals surface area (Å²) in [4.78, 5) is 8.84. The van der Waals surface area contributed by atoms with Gasteiger partial charge in [0, 0.05) is 0 Å². The van der Waals surface area contributed by atoms with Gasteiger partial charge in [-0.25, -0.2) is 0 Å². The molecule has 4 aromatic rings. The number of nitrogens with zero attached hydrogens (tertiary/aromatic N) is 2. The Kier molecular flexibility index (Phi) is 6.99. The van der Waals surface area contributed by atoms with Crippen molar-refractivity contribution in [3.05, 3.63) is 82.9 Å². The summed E-state index contributed by atoms with van der Waals surface area (Å²) < 4.78 is 5.31. The van der Waals surface area contributed by atoms with E-state index in [1.54, 1.807) is 24.6 Å². The van der Waals surface area contributed by atoms with Crippen LogP contribution in [0.1, 0.15) is 31.3 Å². The summed E-state index contributed by atoms with van der Waals surface area (Å²) in [6.45, 7) is 8.60. The molecule has 1 radical (unpaired) electrons. The van der Waals surface area contributed by atoms with E-state index in [4.69, 9.17) is 12.2 Å². The monoisotopic (exact) mass is 466 g/mol. The van der Waals surface area contributed by atoms with Crippen molar-refractivity contribution < 1.29 is 4.74 Å². The van der Waals surface area contributed by atoms with Crippen LogP contribution in [0.4, 0.5) is 5.69 Å². The van der Waals surface area contributed by atoms with Gasteiger partial charge in [-0.05, 0) is 0 Å². The second kappa shape index (κ2) is 9.94. The van der Waals surface area contributed by atoms with Crippen LogP contribution >= 0.6 is 11.3 Å². The van der Waals surface area contributed by atoms with Crippen molar-refractivity contribution in [2.45, 2.75) is 33.1 Å². The Labute approximate surface area is 207 Å². The summed E-state index contributed by atoms with van der Waals surface area (Å²) in [6, 6.07) is 18.8. The number of hydrogen-bond donors (Lipinski definition) is 1. The maximum absolute atomic E-state index is 6.73. The number of methoxy groups -OCH3 is 1. The van der Waals surface area contributed by atoms with Crippen molar-refractivity contribution in [3.63, 3.8) is 0 Å². The van der Waals surface area contributed by atoms with Crippen LogP contribution in [0.2, 0.25) is 0 Å². The predicted molar refractivity (Wildman–Crippen MR) is 145 cm³/mol. The SMILES string of the molecule is [B]=C(Nc1ccc(-c2csc(C)n2)cc1)C(C)(c1ccc(-c2cncc(OC)c2)cc1)C(C)C. The molecule has 0 fully saturated rings. The van der Waals surface area contributed by atoms with Crippen LogP contribution in [0.25, 0.3) is 22.4 Å². The number of aromatic nitrogens is 2. The predicted octanol–water partition coefficient (Wildman–Crippen LogP) is 6.51. The number of hydrogen-bond acceptors (Lipinski definition) is 5. The number of nitrogens with one attached hydrogen (secondary N) is 1. The molecule has 1 atom stereocenters. The Balaban J connectivity index is 1.55. The van der Waals surface area contributed by atoms with Crippen LogP contribution in [0, 0.1) is 12.8 Å². The molecular formula is C28H29BN3OS. The van der Waals surface area contributed by atoms with E-state index in [9.17, 15) is 0 Å². The minimum absolute atomic E-state index is 0.279. The molecule has 4 nitrogen and oxygen atoms in total. The third-order valence-corrected chi connectivity index (χ3v) is 7.33. The van der Waals surface area contributed by atoms with Gasteiger partial charge in [-0.1, -0.05) is 0 Å². The summed E-state index contributed by atoms with van der Waals surface area (Å²) in [5.74, 6) is 1.02. The number of ether oxygens (including phenoxy) is 1. The molecule has 1 N–H and O–H groups in total. The van der Waals surface area contributed by atoms with E-state index < -0.39 is 0 Å². The third-order valence-electron chi connectivity index (χ3n) is 6.56. The van der Waals surface area contributed by atoms with Gasteiger partial charge in [0.2, 0.25) is 0 Å². The fourth-order valence-corrected chi connectivity index (χ4v) is 4.62. The molecule has 0 bridgehead atoms. The Morgan fingerprint density at radius 2 is 1.68 bits per heavy atom. The van der Waals surface area contributed by atoms with E-state index in [1.807, 2.05) is 19.2 Å². The number of pyridine rings is 1. The summed E-state index contributed by atoms with van der Waals surface area (Å²) in [5.41, 5.74) is 6.67. The molecule has 171 valence electrons. The topological polar surface area (TPSA) is 47.0 Å². The average Bonchev–Trinajstić information content (AvgIpc) is 3.30. The summed E-state index contributed by atoms with van der Waals surface area (Å²) in [7, 11) is 8.37. The van der Waals surface area contributed by atoms with Crippen molar-refractivity contribution in [3.8, 4) is 28.1 Å². The molecule has 0 saturated heterocycles. The maximum atomic E-state index is 6.73. The normalized spacial score (nSPS) is 12.9. The Bertz CT molecular complexity index is 1280. The van der Waals surface area contributed by atoms with E-state index in [1.165, 1.54) is 0 Å². The first-order chi connectivity index (χ1) is 16.3. The zero-order valence-corrected chi connectivity index (χ0v) is 21.1. The molecule has 0 amide bonds. The molecule has 2 heterocycles. The second-order valence-electron chi connectivity index (χ2n) is 8.92. The third kappa shape index (κ3) is 4.83. The van der Waals surface area contributed by atoms with Gasteiger partial charge in [0.15, 0.2) is 0 Å². The van der Waals surface area contributed by atoms with Crippen molar-refractivity contribution >= 4 is 30.1 Å². The van der Waals surface area contributed by atoms with Crippen LogP contribution in [-0.4, -0.2) is 30.2 Å². The minimum atomic E-state index is -0.365. The number of thiazole rings is 1. The van der Waals surface area contributed by atoms with Gasteiger partial charge in [-0.15, -0.1) is 0 Å². The summed E-state index contributed by atoms with van der Waals surface area (Å²) in [5, 5.41) is 6.61. The molecule has 2 aromatic carbocycles. The summed E-state index contributed by atoms with van der Waals surface area (Å²) >= 11 is 1.66. The van der Waals surface area contributed by atoms with E-state index in [0.717, 1.165) is 50.0 Å². The number of anilines is 1. The van der Waals surface area contributed by atoms with E-state index in [-0.39, 0.29) is 11.3 Å². The van der Waals surface area contributed by atoms with Gasteiger partial charge < -0.3 is 0 Å². The molecule has 34 heavy (non-hydrogen) atoms. The first-order valence-electron chi connectivity index (χ1n) is 11.3. The molecular weight excluding hydrogens is 437 g/mol. The van der Waals surface area contributed by atoms with Crippen molar-refractivity contribution in [2.75, 3.05) is 12.4 Å². The first kappa shape index (κ1) is 23.9. The second-order valence-corrected chi connectivity index (χ2v) is 9.98. The molecule has 0 saturated carbocycles. The fourth-order valence-electron chi connectivity index (χ4n) is 4.00. The number of rotatable bonds is 8. The molecule has 0 spiro atoms. The molecule has 0 aliphatic heterocycles. The quantitative estimate of drug-likeness (QED) is 0.301. The van der Waals surface area contributed by atoms with Gasteiger partial charge in [-0.2, -0.15) is 0 Å². The first-order valence-corrected chi connectivity index (χ1v) is 12.2. The van der Waals surface area contributed by atoms with Crippen LogP contribution in [0.3, 0.4) is 0 Å². The fraction of sp³-hybridized carbons (Fsp3) is 0.250. The van der Waals surface area contributed by atoms with Crippen LogP contribution in [-0.2, 0) is 5.41 Å². The van der Waals surface area contributed by atoms with Gasteiger partial charge in [0.25, 0.3) is 0 Å². The standard InChI is InChI=1S/C28H29BN3OS/c1-18(2)28(4,23-10-6-20(7-11-23)22-14-25(33-5)16-30-15-22)27(29)32-24-12-8-21(9-13-24)26-17-34-19(3)31-26/h6-18,32H,1-5H3. The Morgan fingerprint density at radius 1 is 1.00 bits per heavy atom. The molecule has 0 aliphatic carbocycles. The van der Waals surface area contributed by atoms with E-state index >= 15 is 0 Å². The van der Waals surface area contributed by atoms with Crippen LogP contribution < -0.4 is 10.1 Å². The van der Waals surface area contributed by atoms with Crippen LogP contribution in [0.15, 0.2) is 72.4 Å². The van der Waals surface area contributed by atoms with E-state index in [2.05, 4.69) is 90.0 Å². The molecule has 2 aromatic heterocycles. The molecule has 4 rings (SSSR count). The molecule has 0 aliphatic rings. The van der Waals surface area contributed by atoms with Gasteiger partial charge in [0.1, 0.15) is 0 Å². The number of benzene rings is 2. The van der Waals surface area contributed by atoms with Crippen molar-refractivity contribution in [1.82, 2.24) is 9.97 Å². The van der Waals surface area contributed by atoms with Gasteiger partial charge >= 0.3 is 207 Å². The Morgan fingerprint density at radius 3 is 2.26 bits per heavy atom.